The van der Waals surface area contributed by atoms with Gasteiger partial charge in [-0.05, 0) is 46.7 Å². The molecule has 0 aliphatic carbocycles. The molecule has 0 atom stereocenters. The molecule has 0 radical (unpaired) electrons. The Kier molecular flexibility index (Phi) is 5.42. The Morgan fingerprint density at radius 1 is 1.40 bits per heavy atom. The molecular weight excluding hydrogens is 385 g/mol. The number of anilines is 1. The van der Waals surface area contributed by atoms with E-state index in [2.05, 4.69) is 41.8 Å². The summed E-state index contributed by atoms with van der Waals surface area (Å²) in [6.07, 6.45) is 0. The predicted molar refractivity (Wildman–Crippen MR) is 91.8 cm³/mol. The summed E-state index contributed by atoms with van der Waals surface area (Å²) in [7, 11) is 0. The average molecular weight is 401 g/mol. The van der Waals surface area contributed by atoms with Crippen molar-refractivity contribution in [1.82, 2.24) is 0 Å². The third-order valence-corrected chi connectivity index (χ3v) is 4.29. The van der Waals surface area contributed by atoms with E-state index >= 15 is 0 Å². The molecule has 1 N–H and O–H groups in total. The van der Waals surface area contributed by atoms with E-state index < -0.39 is 0 Å². The number of carbonyl (C=O) groups excluding carboxylic acids is 1. The lowest BCUT2D eigenvalue weighted by molar-refractivity contribution is 0.102. The SMILES string of the molecule is CC(C)COc1cccc(NC(=O)c2csc(I)c2)c1. The van der Waals surface area contributed by atoms with E-state index in [0.717, 1.165) is 14.3 Å². The van der Waals surface area contributed by atoms with Crippen molar-refractivity contribution < 1.29 is 9.53 Å². The quantitative estimate of drug-likeness (QED) is 0.742. The maximum atomic E-state index is 12.1. The first-order chi connectivity index (χ1) is 9.54. The molecule has 2 rings (SSSR count). The summed E-state index contributed by atoms with van der Waals surface area (Å²) in [6.45, 7) is 4.87. The molecule has 0 aliphatic heterocycles. The third-order valence-electron chi connectivity index (χ3n) is 2.50. The Labute approximate surface area is 136 Å². The van der Waals surface area contributed by atoms with Crippen LogP contribution in [0.15, 0.2) is 35.7 Å². The van der Waals surface area contributed by atoms with Crippen LogP contribution in [0.3, 0.4) is 0 Å². The Morgan fingerprint density at radius 3 is 2.85 bits per heavy atom. The highest BCUT2D eigenvalue weighted by atomic mass is 127. The van der Waals surface area contributed by atoms with Gasteiger partial charge in [0, 0.05) is 17.1 Å². The number of nitrogens with one attached hydrogen (secondary N) is 1. The van der Waals surface area contributed by atoms with Crippen molar-refractivity contribution in [2.45, 2.75) is 13.8 Å². The van der Waals surface area contributed by atoms with E-state index in [1.54, 1.807) is 11.3 Å². The summed E-state index contributed by atoms with van der Waals surface area (Å²) < 4.78 is 6.75. The smallest absolute Gasteiger partial charge is 0.256 e. The summed E-state index contributed by atoms with van der Waals surface area (Å²) in [5.74, 6) is 1.16. The fourth-order valence-corrected chi connectivity index (χ4v) is 2.89. The highest BCUT2D eigenvalue weighted by Crippen LogP contribution is 2.21. The predicted octanol–water partition coefficient (Wildman–Crippen LogP) is 4.64. The van der Waals surface area contributed by atoms with Gasteiger partial charge in [-0.3, -0.25) is 4.79 Å². The van der Waals surface area contributed by atoms with Gasteiger partial charge >= 0.3 is 0 Å². The van der Waals surface area contributed by atoms with Crippen molar-refractivity contribution in [1.29, 1.82) is 0 Å². The maximum absolute atomic E-state index is 12.1. The fourth-order valence-electron chi connectivity index (χ4n) is 1.56. The molecule has 5 heteroatoms. The number of thiophene rings is 1. The van der Waals surface area contributed by atoms with Gasteiger partial charge in [-0.15, -0.1) is 11.3 Å². The van der Waals surface area contributed by atoms with Crippen LogP contribution in [-0.4, -0.2) is 12.5 Å². The molecular formula is C15H16INO2S. The van der Waals surface area contributed by atoms with Crippen LogP contribution in [0.5, 0.6) is 5.75 Å². The maximum Gasteiger partial charge on any atom is 0.256 e. The van der Waals surface area contributed by atoms with Crippen LogP contribution < -0.4 is 10.1 Å². The molecule has 0 bridgehead atoms. The number of halogens is 1. The minimum atomic E-state index is -0.0924. The van der Waals surface area contributed by atoms with Gasteiger partial charge in [-0.1, -0.05) is 19.9 Å². The summed E-state index contributed by atoms with van der Waals surface area (Å²) in [4.78, 5) is 12.1. The van der Waals surface area contributed by atoms with Crippen molar-refractivity contribution >= 4 is 45.5 Å². The summed E-state index contributed by atoms with van der Waals surface area (Å²) in [5, 5.41) is 4.74. The number of carbonyl (C=O) groups is 1. The molecule has 0 saturated carbocycles. The van der Waals surface area contributed by atoms with E-state index in [4.69, 9.17) is 4.74 Å². The highest BCUT2D eigenvalue weighted by Gasteiger charge is 2.08. The lowest BCUT2D eigenvalue weighted by atomic mass is 10.2. The second-order valence-electron chi connectivity index (χ2n) is 4.83. The highest BCUT2D eigenvalue weighted by molar-refractivity contribution is 14.1. The molecule has 0 aliphatic rings. The second-order valence-corrected chi connectivity index (χ2v) is 7.63. The zero-order valence-corrected chi connectivity index (χ0v) is 14.3. The molecule has 106 valence electrons. The minimum Gasteiger partial charge on any atom is -0.493 e. The van der Waals surface area contributed by atoms with Gasteiger partial charge in [-0.2, -0.15) is 0 Å². The zero-order chi connectivity index (χ0) is 14.5. The average Bonchev–Trinajstić information content (AvgIpc) is 2.84. The van der Waals surface area contributed by atoms with Crippen LogP contribution in [0.1, 0.15) is 24.2 Å². The first-order valence-corrected chi connectivity index (χ1v) is 8.28. The van der Waals surface area contributed by atoms with Crippen LogP contribution in [0.2, 0.25) is 0 Å². The van der Waals surface area contributed by atoms with Gasteiger partial charge in [0.15, 0.2) is 0 Å². The molecule has 1 amide bonds. The van der Waals surface area contributed by atoms with Crippen LogP contribution in [0.25, 0.3) is 0 Å². The van der Waals surface area contributed by atoms with Gasteiger partial charge in [0.05, 0.1) is 15.1 Å². The van der Waals surface area contributed by atoms with Gasteiger partial charge < -0.3 is 10.1 Å². The molecule has 0 spiro atoms. The van der Waals surface area contributed by atoms with Crippen molar-refractivity contribution in [3.05, 3.63) is 44.2 Å². The summed E-state index contributed by atoms with van der Waals surface area (Å²) in [5.41, 5.74) is 1.44. The van der Waals surface area contributed by atoms with Gasteiger partial charge in [0.1, 0.15) is 5.75 Å². The molecule has 0 saturated heterocycles. The number of hydrogen-bond donors (Lipinski definition) is 1. The van der Waals surface area contributed by atoms with Crippen molar-refractivity contribution in [3.8, 4) is 5.75 Å². The lowest BCUT2D eigenvalue weighted by Gasteiger charge is -2.10. The van der Waals surface area contributed by atoms with Crippen molar-refractivity contribution in [3.63, 3.8) is 0 Å². The van der Waals surface area contributed by atoms with Gasteiger partial charge in [0.25, 0.3) is 5.91 Å². The number of rotatable bonds is 5. The standard InChI is InChI=1S/C15H16INO2S/c1-10(2)8-19-13-5-3-4-12(7-13)17-15(18)11-6-14(16)20-9-11/h3-7,9-10H,8H2,1-2H3,(H,17,18). The normalized spacial score (nSPS) is 10.6. The Hall–Kier alpha value is -1.08. The molecule has 3 nitrogen and oxygen atoms in total. The topological polar surface area (TPSA) is 38.3 Å². The molecule has 1 aromatic heterocycles. The first kappa shape index (κ1) is 15.3. The van der Waals surface area contributed by atoms with Gasteiger partial charge in [-0.25, -0.2) is 0 Å². The third kappa shape index (κ3) is 4.49. The number of ether oxygens (including phenoxy) is 1. The van der Waals surface area contributed by atoms with Crippen molar-refractivity contribution in [2.75, 3.05) is 11.9 Å². The van der Waals surface area contributed by atoms with E-state index in [0.29, 0.717) is 18.1 Å². The fraction of sp³-hybridized carbons (Fsp3) is 0.267. The van der Waals surface area contributed by atoms with E-state index in [-0.39, 0.29) is 5.91 Å². The van der Waals surface area contributed by atoms with E-state index in [1.165, 1.54) is 0 Å². The number of hydrogen-bond acceptors (Lipinski definition) is 3. The molecule has 20 heavy (non-hydrogen) atoms. The monoisotopic (exact) mass is 401 g/mol. The molecule has 2 aromatic rings. The first-order valence-electron chi connectivity index (χ1n) is 6.33. The van der Waals surface area contributed by atoms with E-state index in [1.807, 2.05) is 35.7 Å². The zero-order valence-electron chi connectivity index (χ0n) is 11.4. The lowest BCUT2D eigenvalue weighted by Crippen LogP contribution is -2.11. The van der Waals surface area contributed by atoms with Crippen LogP contribution in [0.4, 0.5) is 5.69 Å². The van der Waals surface area contributed by atoms with Crippen LogP contribution >= 0.6 is 33.9 Å². The number of benzene rings is 1. The van der Waals surface area contributed by atoms with Crippen LogP contribution in [0, 0.1) is 8.80 Å². The van der Waals surface area contributed by atoms with Crippen molar-refractivity contribution in [2.24, 2.45) is 5.92 Å². The Bertz CT molecular complexity index is 595. The van der Waals surface area contributed by atoms with E-state index in [9.17, 15) is 4.79 Å². The number of amides is 1. The summed E-state index contributed by atoms with van der Waals surface area (Å²) >= 11 is 3.76. The molecule has 0 unspecified atom stereocenters. The van der Waals surface area contributed by atoms with Gasteiger partial charge in [0.2, 0.25) is 0 Å². The molecule has 1 aromatic carbocycles. The minimum absolute atomic E-state index is 0.0924. The summed E-state index contributed by atoms with van der Waals surface area (Å²) in [6, 6.07) is 9.35. The largest absolute Gasteiger partial charge is 0.493 e. The molecule has 0 fully saturated rings. The second kappa shape index (κ2) is 7.08. The Balaban J connectivity index is 2.02. The van der Waals surface area contributed by atoms with Crippen LogP contribution in [-0.2, 0) is 0 Å². The molecule has 1 heterocycles. The Morgan fingerprint density at radius 2 is 2.20 bits per heavy atom.